The minimum atomic E-state index is -1.56. The van der Waals surface area contributed by atoms with Crippen molar-refractivity contribution < 1.29 is 58.2 Å². The van der Waals surface area contributed by atoms with Crippen molar-refractivity contribution in [3.63, 3.8) is 0 Å². The van der Waals surface area contributed by atoms with Gasteiger partial charge in [0, 0.05) is 67.8 Å². The first-order valence-electron chi connectivity index (χ1n) is 24.5. The number of carbonyl (C=O) groups excluding carboxylic acids is 8. The molecule has 3 heterocycles. The van der Waals surface area contributed by atoms with Crippen LogP contribution in [-0.4, -0.2) is 164 Å². The molecule has 8 amide bonds. The van der Waals surface area contributed by atoms with E-state index >= 15 is 0 Å². The molecule has 0 spiro atoms. The highest BCUT2D eigenvalue weighted by atomic mass is 16.4. The number of nitrogens with one attached hydrogen (secondary N) is 9. The third-order valence-corrected chi connectivity index (χ3v) is 12.2. The van der Waals surface area contributed by atoms with Crippen molar-refractivity contribution in [2.75, 3.05) is 26.2 Å². The zero-order chi connectivity index (χ0) is 55.3. The summed E-state index contributed by atoms with van der Waals surface area (Å²) >= 11 is 0. The smallest absolute Gasteiger partial charge is 0.322 e. The Labute approximate surface area is 435 Å². The van der Waals surface area contributed by atoms with Crippen LogP contribution in [0, 0.1) is 0 Å². The van der Waals surface area contributed by atoms with Crippen molar-refractivity contribution >= 4 is 76.1 Å². The molecule has 1 saturated heterocycles. The molecule has 76 heavy (non-hydrogen) atoms. The largest absolute Gasteiger partial charge is 0.481 e. The van der Waals surface area contributed by atoms with Gasteiger partial charge in [-0.25, -0.2) is 4.98 Å². The summed E-state index contributed by atoms with van der Waals surface area (Å²) in [6, 6.07) is 6.64. The van der Waals surface area contributed by atoms with Crippen molar-refractivity contribution in [3.8, 4) is 0 Å². The average Bonchev–Trinajstić information content (AvgIpc) is 4.19. The second kappa shape index (κ2) is 28.5. The molecule has 0 bridgehead atoms. The van der Waals surface area contributed by atoms with Crippen molar-refractivity contribution in [3.05, 3.63) is 90.1 Å². The number of para-hydroxylation sites is 1. The number of likely N-dealkylation sites (tertiary alicyclic amines) is 1. The van der Waals surface area contributed by atoms with Crippen LogP contribution in [0.4, 0.5) is 0 Å². The number of fused-ring (bicyclic) bond motifs is 1. The number of hydrogen-bond acceptors (Lipinski definition) is 13. The molecule has 27 heteroatoms. The number of nitrogens with zero attached hydrogens (tertiary/aromatic N) is 3. The Kier molecular flexibility index (Phi) is 21.8. The van der Waals surface area contributed by atoms with Crippen LogP contribution in [0.5, 0.6) is 0 Å². The number of hydrogen-bond donors (Lipinski definition) is 14. The average molecular weight is 1060 g/mol. The number of nitrogens with two attached hydrogens (primary N) is 3. The maximum atomic E-state index is 14.7. The Morgan fingerprint density at radius 3 is 2.04 bits per heavy atom. The predicted octanol–water partition coefficient (Wildman–Crippen LogP) is -3.08. The van der Waals surface area contributed by atoms with Gasteiger partial charge >= 0.3 is 11.9 Å². The van der Waals surface area contributed by atoms with Gasteiger partial charge in [-0.15, -0.1) is 0 Å². The molecule has 408 valence electrons. The van der Waals surface area contributed by atoms with E-state index in [0.717, 1.165) is 10.9 Å². The summed E-state index contributed by atoms with van der Waals surface area (Å²) in [6.07, 6.45) is 3.66. The van der Waals surface area contributed by atoms with Crippen LogP contribution in [-0.2, 0) is 67.2 Å². The quantitative estimate of drug-likeness (QED) is 0.0146. The van der Waals surface area contributed by atoms with E-state index in [1.807, 2.05) is 24.3 Å². The number of imidazole rings is 1. The van der Waals surface area contributed by atoms with Crippen molar-refractivity contribution in [1.29, 1.82) is 0 Å². The molecule has 0 unspecified atom stereocenters. The van der Waals surface area contributed by atoms with E-state index in [1.165, 1.54) is 24.3 Å². The van der Waals surface area contributed by atoms with Crippen LogP contribution in [0.3, 0.4) is 0 Å². The molecule has 0 aliphatic carbocycles. The Bertz CT molecular complexity index is 2710. The van der Waals surface area contributed by atoms with Crippen LogP contribution in [0.15, 0.2) is 78.3 Å². The second-order valence-electron chi connectivity index (χ2n) is 18.1. The van der Waals surface area contributed by atoms with E-state index in [-0.39, 0.29) is 57.6 Å². The van der Waals surface area contributed by atoms with E-state index in [1.54, 1.807) is 36.5 Å². The third kappa shape index (κ3) is 18.0. The summed E-state index contributed by atoms with van der Waals surface area (Å²) in [5.74, 6) is -9.24. The topological polar surface area (TPSA) is 433 Å². The van der Waals surface area contributed by atoms with Gasteiger partial charge < -0.3 is 79.5 Å². The number of aromatic amines is 2. The Morgan fingerprint density at radius 2 is 1.37 bits per heavy atom. The first-order valence-corrected chi connectivity index (χ1v) is 24.5. The number of guanidine groups is 1. The van der Waals surface area contributed by atoms with Gasteiger partial charge in [0.25, 0.3) is 0 Å². The zero-order valence-corrected chi connectivity index (χ0v) is 41.7. The Balaban J connectivity index is 1.36. The number of carbonyl (C=O) groups is 10. The van der Waals surface area contributed by atoms with E-state index in [0.29, 0.717) is 23.2 Å². The lowest BCUT2D eigenvalue weighted by Gasteiger charge is -2.31. The highest BCUT2D eigenvalue weighted by molar-refractivity contribution is 5.98. The van der Waals surface area contributed by atoms with Gasteiger partial charge in [0.2, 0.25) is 47.3 Å². The number of carboxylic acid groups (broad SMARTS) is 2. The normalized spacial score (nSPS) is 15.3. The SMILES string of the molecule is C[C@H](N)C(=O)N[C@@H](Cc1c[nH]c2ccccc12)C(=O)N[C@@H](CCCN=C(N)N)C(=O)N[C@@H](Cc1cnc[nH]1)C(=O)N1CCC[C@H]1C(=O)N[C@@H](CCC(=O)O)C(=O)N[C@@H](Cc1ccccc1)C(=O)NCC(=O)NCC(=O)O. The van der Waals surface area contributed by atoms with Crippen LogP contribution >= 0.6 is 0 Å². The fraction of sp³-hybridized carbons (Fsp3) is 0.429. The van der Waals surface area contributed by atoms with Crippen molar-refractivity contribution in [2.45, 2.75) is 107 Å². The van der Waals surface area contributed by atoms with E-state index in [9.17, 15) is 53.1 Å². The molecule has 0 saturated carbocycles. The number of amides is 8. The number of aliphatic carboxylic acids is 2. The van der Waals surface area contributed by atoms with E-state index in [4.69, 9.17) is 22.3 Å². The lowest BCUT2D eigenvalue weighted by molar-refractivity contribution is -0.143. The minimum absolute atomic E-state index is 0.00389. The molecule has 2 aromatic carbocycles. The summed E-state index contributed by atoms with van der Waals surface area (Å²) < 4.78 is 0. The number of aliphatic imine (C=N–C) groups is 1. The van der Waals surface area contributed by atoms with Crippen LogP contribution in [0.2, 0.25) is 0 Å². The molecule has 5 rings (SSSR count). The standard InChI is InChI=1S/C49H65N15O12/c1-27(50)42(70)61-36(20-29-22-55-32-12-6-5-11-31(29)32)46(74)59-33(13-7-17-54-49(51)52)44(72)63-37(21-30-23-53-26-58-30)48(76)64-18-8-14-38(64)47(75)60-34(15-16-40(66)67)45(73)62-35(19-28-9-3-2-4-10-28)43(71)57-24-39(65)56-25-41(68)69/h2-6,9-12,22-23,26-27,33-38,55H,7-8,13-21,24-25,50H2,1H3,(H,53,58)(H,56,65)(H,57,71)(H,59,74)(H,60,75)(H,61,70)(H,62,73)(H,63,72)(H,66,67)(H,68,69)(H4,51,52,54)/t27-,33-,34-,35-,36-,37-,38-/m0/s1. The second-order valence-corrected chi connectivity index (χ2v) is 18.1. The first-order chi connectivity index (χ1) is 36.3. The minimum Gasteiger partial charge on any atom is -0.481 e. The Hall–Kier alpha value is -8.88. The molecule has 27 nitrogen and oxygen atoms in total. The molecule has 1 aliphatic heterocycles. The highest BCUT2D eigenvalue weighted by Crippen LogP contribution is 2.22. The molecule has 17 N–H and O–H groups in total. The number of benzene rings is 2. The predicted molar refractivity (Wildman–Crippen MR) is 273 cm³/mol. The molecule has 2 aromatic heterocycles. The summed E-state index contributed by atoms with van der Waals surface area (Å²) in [4.78, 5) is 148. The van der Waals surface area contributed by atoms with Crippen molar-refractivity contribution in [2.24, 2.45) is 22.2 Å². The van der Waals surface area contributed by atoms with Gasteiger partial charge in [0.1, 0.15) is 42.8 Å². The van der Waals surface area contributed by atoms with Crippen LogP contribution < -0.4 is 54.4 Å². The van der Waals surface area contributed by atoms with Gasteiger partial charge in [-0.1, -0.05) is 48.5 Å². The van der Waals surface area contributed by atoms with Gasteiger partial charge in [0.15, 0.2) is 5.96 Å². The molecule has 4 aromatic rings. The van der Waals surface area contributed by atoms with Gasteiger partial charge in [-0.2, -0.15) is 0 Å². The number of rotatable bonds is 29. The van der Waals surface area contributed by atoms with Crippen molar-refractivity contribution in [1.82, 2.24) is 57.1 Å². The van der Waals surface area contributed by atoms with E-state index < -0.39 is 127 Å². The number of H-pyrrole nitrogens is 2. The summed E-state index contributed by atoms with van der Waals surface area (Å²) in [5, 5.41) is 37.0. The van der Waals surface area contributed by atoms with E-state index in [2.05, 4.69) is 57.2 Å². The van der Waals surface area contributed by atoms with Gasteiger partial charge in [-0.3, -0.25) is 52.9 Å². The lowest BCUT2D eigenvalue weighted by atomic mass is 10.0. The van der Waals surface area contributed by atoms with Crippen LogP contribution in [0.1, 0.15) is 62.3 Å². The summed E-state index contributed by atoms with van der Waals surface area (Å²) in [6.45, 7) is 0.180. The molecule has 7 atom stereocenters. The fourth-order valence-corrected chi connectivity index (χ4v) is 8.33. The van der Waals surface area contributed by atoms with Gasteiger partial charge in [-0.05, 0) is 56.2 Å². The molecule has 1 aliphatic rings. The van der Waals surface area contributed by atoms with Gasteiger partial charge in [0.05, 0.1) is 18.9 Å². The molecule has 1 fully saturated rings. The highest BCUT2D eigenvalue weighted by Gasteiger charge is 2.40. The lowest BCUT2D eigenvalue weighted by Crippen LogP contribution is -2.60. The third-order valence-electron chi connectivity index (χ3n) is 12.2. The summed E-state index contributed by atoms with van der Waals surface area (Å²) in [5.41, 5.74) is 19.4. The molecular formula is C49H65N15O12. The first kappa shape index (κ1) is 58.0. The van der Waals surface area contributed by atoms with Crippen LogP contribution in [0.25, 0.3) is 10.9 Å². The maximum absolute atomic E-state index is 14.7. The molecular weight excluding hydrogens is 991 g/mol. The molecule has 0 radical (unpaired) electrons. The zero-order valence-electron chi connectivity index (χ0n) is 41.7. The fourth-order valence-electron chi connectivity index (χ4n) is 8.33. The number of carboxylic acids is 2. The maximum Gasteiger partial charge on any atom is 0.322 e. The summed E-state index contributed by atoms with van der Waals surface area (Å²) in [7, 11) is 0. The Morgan fingerprint density at radius 1 is 0.724 bits per heavy atom. The monoisotopic (exact) mass is 1060 g/mol. The number of aromatic nitrogens is 3.